The van der Waals surface area contributed by atoms with E-state index in [0.717, 1.165) is 122 Å². The molecule has 0 radical (unpaired) electrons. The van der Waals surface area contributed by atoms with E-state index in [9.17, 15) is 34.2 Å². The highest BCUT2D eigenvalue weighted by Gasteiger charge is 2.69. The third kappa shape index (κ3) is 10.7. The van der Waals surface area contributed by atoms with E-state index in [4.69, 9.17) is 4.74 Å². The van der Waals surface area contributed by atoms with Crippen molar-refractivity contribution in [3.63, 3.8) is 0 Å². The number of ether oxygens (including phenoxy) is 1. The van der Waals surface area contributed by atoms with Gasteiger partial charge in [0.15, 0.2) is 0 Å². The summed E-state index contributed by atoms with van der Waals surface area (Å²) in [5.41, 5.74) is 0.739. The van der Waals surface area contributed by atoms with Gasteiger partial charge in [0.25, 0.3) is 0 Å². The normalized spacial score (nSPS) is 33.6. The lowest BCUT2D eigenvalue weighted by Gasteiger charge is -2.71. The Hall–Kier alpha value is -2.91. The fraction of sp³-hybridized carbons (Fsp3) is 0.868. The number of hydrogen-bond acceptors (Lipinski definition) is 6. The molecule has 10 nitrogen and oxygen atoms in total. The predicted molar refractivity (Wildman–Crippen MR) is 249 cm³/mol. The molecule has 0 aromatic carbocycles. The molecule has 0 aromatic rings. The molecule has 3 unspecified atom stereocenters. The Bertz CT molecular complexity index is 1710. The molecule has 0 aliphatic heterocycles. The van der Waals surface area contributed by atoms with Gasteiger partial charge in [-0.15, -0.1) is 0 Å². The van der Waals surface area contributed by atoms with Crippen LogP contribution >= 0.6 is 0 Å². The summed E-state index contributed by atoms with van der Waals surface area (Å²) in [5.74, 6) is -1.07. The molecule has 0 heterocycles. The maximum atomic E-state index is 14.6. The molecule has 5 aliphatic carbocycles. The molecule has 0 spiro atoms. The van der Waals surface area contributed by atoms with Crippen molar-refractivity contribution in [3.8, 4) is 0 Å². The van der Waals surface area contributed by atoms with E-state index in [0.29, 0.717) is 18.3 Å². The maximum Gasteiger partial charge on any atom is 0.326 e. The summed E-state index contributed by atoms with van der Waals surface area (Å²) in [4.78, 5) is 62.9. The number of amides is 2. The fourth-order valence-corrected chi connectivity index (χ4v) is 14.5. The van der Waals surface area contributed by atoms with Crippen molar-refractivity contribution in [1.82, 2.24) is 10.6 Å². The standard InChI is InChI=1S/C53H88N2O8/c1-35(2)44(45(60)61)55-41(56)20-18-16-14-12-13-15-17-19-31-54-46(62)53-29-27-47(3,4)32-37(53)36-21-22-39-50(9)25-24-40(63-43(59)34-48(5,6)33-42(57)58)49(7,8)38(50)23-26-52(39,11)51(36,10)28-30-53/h21,35,37-40,44H,12-20,22-34H2,1-11H3,(H,54,62)(H,55,56)(H,57,58)(H,60,61)/t37?,38?,39?,40-,44-,50-,51+,52+,53-/m0/s1. The largest absolute Gasteiger partial charge is 0.481 e. The summed E-state index contributed by atoms with van der Waals surface area (Å²) in [5, 5.41) is 24.8. The summed E-state index contributed by atoms with van der Waals surface area (Å²) in [6.45, 7) is 25.1. The molecule has 4 saturated carbocycles. The van der Waals surface area contributed by atoms with Crippen LogP contribution < -0.4 is 10.6 Å². The van der Waals surface area contributed by atoms with Gasteiger partial charge in [-0.05, 0) is 128 Å². The Morgan fingerprint density at radius 3 is 2.02 bits per heavy atom. The Morgan fingerprint density at radius 1 is 0.778 bits per heavy atom. The smallest absolute Gasteiger partial charge is 0.326 e. The first-order valence-electron chi connectivity index (χ1n) is 25.2. The first-order chi connectivity index (χ1) is 29.2. The summed E-state index contributed by atoms with van der Waals surface area (Å²) in [7, 11) is 0. The number of carbonyl (C=O) groups excluding carboxylic acids is 3. The number of unbranched alkanes of at least 4 members (excludes halogenated alkanes) is 7. The van der Waals surface area contributed by atoms with E-state index in [1.807, 2.05) is 13.8 Å². The van der Waals surface area contributed by atoms with Crippen LogP contribution in [0.2, 0.25) is 0 Å². The van der Waals surface area contributed by atoms with E-state index in [-0.39, 0.29) is 81.1 Å². The van der Waals surface area contributed by atoms with Crippen molar-refractivity contribution >= 4 is 29.7 Å². The molecule has 5 rings (SSSR count). The van der Waals surface area contributed by atoms with Crippen LogP contribution in [0, 0.1) is 61.6 Å². The summed E-state index contributed by atoms with van der Waals surface area (Å²) >= 11 is 0. The van der Waals surface area contributed by atoms with E-state index < -0.39 is 23.4 Å². The zero-order valence-electron chi connectivity index (χ0n) is 41.4. The highest BCUT2D eigenvalue weighted by atomic mass is 16.5. The minimum absolute atomic E-state index is 0.0124. The molecule has 4 N–H and O–H groups in total. The molecular formula is C53H88N2O8. The topological polar surface area (TPSA) is 159 Å². The quantitative estimate of drug-likeness (QED) is 0.0534. The lowest BCUT2D eigenvalue weighted by molar-refractivity contribution is -0.213. The zero-order chi connectivity index (χ0) is 46.8. The minimum atomic E-state index is -0.984. The first kappa shape index (κ1) is 51.1. The van der Waals surface area contributed by atoms with Crippen LogP contribution in [0.1, 0.15) is 211 Å². The lowest BCUT2D eigenvalue weighted by atomic mass is 9.33. The van der Waals surface area contributed by atoms with Gasteiger partial charge in [-0.1, -0.05) is 126 Å². The van der Waals surface area contributed by atoms with E-state index in [2.05, 4.69) is 65.2 Å². The molecule has 358 valence electrons. The molecule has 0 aromatic heterocycles. The summed E-state index contributed by atoms with van der Waals surface area (Å²) < 4.78 is 6.29. The lowest BCUT2D eigenvalue weighted by Crippen LogP contribution is -2.65. The van der Waals surface area contributed by atoms with Gasteiger partial charge in [-0.25, -0.2) is 4.79 Å². The number of fused-ring (bicyclic) bond motifs is 7. The number of rotatable bonds is 20. The highest BCUT2D eigenvalue weighted by molar-refractivity contribution is 5.84. The van der Waals surface area contributed by atoms with Gasteiger partial charge in [0.2, 0.25) is 11.8 Å². The van der Waals surface area contributed by atoms with Crippen molar-refractivity contribution in [2.75, 3.05) is 6.54 Å². The van der Waals surface area contributed by atoms with Gasteiger partial charge in [-0.2, -0.15) is 0 Å². The maximum absolute atomic E-state index is 14.6. The number of carboxylic acids is 2. The van der Waals surface area contributed by atoms with Gasteiger partial charge < -0.3 is 25.6 Å². The first-order valence-corrected chi connectivity index (χ1v) is 25.2. The molecule has 63 heavy (non-hydrogen) atoms. The highest BCUT2D eigenvalue weighted by Crippen LogP contribution is 2.76. The molecule has 0 saturated heterocycles. The zero-order valence-corrected chi connectivity index (χ0v) is 41.4. The summed E-state index contributed by atoms with van der Waals surface area (Å²) in [6.07, 6.45) is 21.3. The van der Waals surface area contributed by atoms with Crippen molar-refractivity contribution < 1.29 is 38.9 Å². The van der Waals surface area contributed by atoms with Crippen LogP contribution in [0.25, 0.3) is 0 Å². The fourth-order valence-electron chi connectivity index (χ4n) is 14.5. The number of nitrogens with one attached hydrogen (secondary N) is 2. The second-order valence-electron chi connectivity index (χ2n) is 24.6. The van der Waals surface area contributed by atoms with Gasteiger partial charge in [-0.3, -0.25) is 19.2 Å². The average Bonchev–Trinajstić information content (AvgIpc) is 3.16. The third-order valence-electron chi connectivity index (χ3n) is 18.4. The van der Waals surface area contributed by atoms with Gasteiger partial charge in [0, 0.05) is 18.4 Å². The van der Waals surface area contributed by atoms with Gasteiger partial charge >= 0.3 is 17.9 Å². The van der Waals surface area contributed by atoms with Gasteiger partial charge in [0.1, 0.15) is 12.1 Å². The summed E-state index contributed by atoms with van der Waals surface area (Å²) in [6, 6.07) is -0.833. The number of carboxylic acid groups (broad SMARTS) is 2. The number of esters is 1. The van der Waals surface area contributed by atoms with Crippen molar-refractivity contribution in [2.24, 2.45) is 61.6 Å². The Labute approximate surface area is 381 Å². The molecule has 4 fully saturated rings. The van der Waals surface area contributed by atoms with E-state index in [1.165, 1.54) is 0 Å². The third-order valence-corrected chi connectivity index (χ3v) is 18.4. The van der Waals surface area contributed by atoms with E-state index >= 15 is 0 Å². The molecular weight excluding hydrogens is 793 g/mol. The number of hydrogen-bond donors (Lipinski definition) is 4. The van der Waals surface area contributed by atoms with Crippen molar-refractivity contribution in [3.05, 3.63) is 11.6 Å². The van der Waals surface area contributed by atoms with Crippen LogP contribution in [-0.2, 0) is 28.7 Å². The average molecular weight is 881 g/mol. The van der Waals surface area contributed by atoms with Crippen LogP contribution in [0.3, 0.4) is 0 Å². The van der Waals surface area contributed by atoms with Crippen molar-refractivity contribution in [1.29, 1.82) is 0 Å². The Balaban J connectivity index is 1.16. The second kappa shape index (κ2) is 19.5. The van der Waals surface area contributed by atoms with Crippen LogP contribution in [0.4, 0.5) is 0 Å². The van der Waals surface area contributed by atoms with Crippen LogP contribution in [0.15, 0.2) is 11.6 Å². The SMILES string of the molecule is CC(C)[C@H](NC(=O)CCCCCCCCCCNC(=O)[C@]12CCC(C)(C)CC1C1=CCC3[C@@]4(C)CC[C@H](OC(=O)CC(C)(C)CC(=O)O)C(C)(C)C4CC[C@@]3(C)[C@]1(C)CC2)C(=O)O. The molecule has 2 amide bonds. The molecule has 9 atom stereocenters. The van der Waals surface area contributed by atoms with Crippen LogP contribution in [-0.4, -0.2) is 58.6 Å². The number of carbonyl (C=O) groups is 5. The molecule has 10 heteroatoms. The van der Waals surface area contributed by atoms with Gasteiger partial charge in [0.05, 0.1) is 18.3 Å². The van der Waals surface area contributed by atoms with Crippen molar-refractivity contribution in [2.45, 2.75) is 223 Å². The number of allylic oxidation sites excluding steroid dienone is 2. The number of aliphatic carboxylic acids is 2. The monoisotopic (exact) mass is 881 g/mol. The second-order valence-corrected chi connectivity index (χ2v) is 24.6. The minimum Gasteiger partial charge on any atom is -0.481 e. The predicted octanol–water partition coefficient (Wildman–Crippen LogP) is 11.4. The van der Waals surface area contributed by atoms with E-state index in [1.54, 1.807) is 19.4 Å². The molecule has 0 bridgehead atoms. The Morgan fingerprint density at radius 2 is 1.40 bits per heavy atom. The Kier molecular flexibility index (Phi) is 15.8. The molecule has 5 aliphatic rings. The van der Waals surface area contributed by atoms with Crippen LogP contribution in [0.5, 0.6) is 0 Å².